The first-order chi connectivity index (χ1) is 6.31. The Morgan fingerprint density at radius 2 is 2.38 bits per heavy atom. The van der Waals surface area contributed by atoms with Crippen LogP contribution in [0.2, 0.25) is 4.34 Å². The Morgan fingerprint density at radius 1 is 1.62 bits per heavy atom. The molecule has 0 saturated heterocycles. The van der Waals surface area contributed by atoms with E-state index in [0.717, 1.165) is 16.8 Å². The molecule has 1 aromatic heterocycles. The van der Waals surface area contributed by atoms with Gasteiger partial charge in [0.15, 0.2) is 0 Å². The van der Waals surface area contributed by atoms with Crippen LogP contribution in [0.4, 0.5) is 0 Å². The second-order valence-electron chi connectivity index (χ2n) is 3.51. The van der Waals surface area contributed by atoms with Gasteiger partial charge in [0.2, 0.25) is 0 Å². The molecular formula is C10H14ClNS. The van der Waals surface area contributed by atoms with Gasteiger partial charge in [-0.05, 0) is 37.4 Å². The molecule has 2 rings (SSSR count). The number of rotatable bonds is 4. The molecule has 0 aromatic carbocycles. The van der Waals surface area contributed by atoms with Crippen molar-refractivity contribution in [2.45, 2.75) is 25.8 Å². The summed E-state index contributed by atoms with van der Waals surface area (Å²) in [6.45, 7) is 3.20. The highest BCUT2D eigenvalue weighted by Gasteiger charge is 2.32. The molecule has 1 heterocycles. The molecule has 1 nitrogen and oxygen atoms in total. The molecule has 1 N–H and O–H groups in total. The van der Waals surface area contributed by atoms with Crippen LogP contribution in [0.5, 0.6) is 0 Å². The fourth-order valence-corrected chi connectivity index (χ4v) is 2.87. The van der Waals surface area contributed by atoms with Crippen molar-refractivity contribution in [3.8, 4) is 0 Å². The lowest BCUT2D eigenvalue weighted by Crippen LogP contribution is -2.21. The first-order valence-corrected chi connectivity index (χ1v) is 5.99. The molecule has 0 bridgehead atoms. The monoisotopic (exact) mass is 215 g/mol. The van der Waals surface area contributed by atoms with Crippen molar-refractivity contribution in [3.63, 3.8) is 0 Å². The van der Waals surface area contributed by atoms with Gasteiger partial charge in [-0.1, -0.05) is 18.5 Å². The third-order valence-electron chi connectivity index (χ3n) is 2.42. The van der Waals surface area contributed by atoms with Gasteiger partial charge in [-0.2, -0.15) is 0 Å². The average Bonchev–Trinajstić information content (AvgIpc) is 2.85. The van der Waals surface area contributed by atoms with Crippen molar-refractivity contribution in [1.82, 2.24) is 5.32 Å². The van der Waals surface area contributed by atoms with E-state index in [2.05, 4.69) is 18.3 Å². The van der Waals surface area contributed by atoms with Crippen LogP contribution in [0.25, 0.3) is 0 Å². The Kier molecular flexibility index (Phi) is 2.92. The highest BCUT2D eigenvalue weighted by Crippen LogP contribution is 2.43. The third-order valence-corrected chi connectivity index (χ3v) is 3.73. The van der Waals surface area contributed by atoms with Gasteiger partial charge < -0.3 is 5.32 Å². The van der Waals surface area contributed by atoms with E-state index in [1.807, 2.05) is 6.07 Å². The highest BCUT2D eigenvalue weighted by atomic mass is 35.5. The predicted molar refractivity (Wildman–Crippen MR) is 58.5 cm³/mol. The molecule has 72 valence electrons. The zero-order valence-electron chi connectivity index (χ0n) is 7.72. The summed E-state index contributed by atoms with van der Waals surface area (Å²) in [7, 11) is 0. The van der Waals surface area contributed by atoms with Crippen molar-refractivity contribution in [1.29, 1.82) is 0 Å². The fourth-order valence-electron chi connectivity index (χ4n) is 1.64. The van der Waals surface area contributed by atoms with E-state index >= 15 is 0 Å². The Morgan fingerprint density at radius 3 is 2.85 bits per heavy atom. The van der Waals surface area contributed by atoms with Gasteiger partial charge in [0, 0.05) is 10.9 Å². The summed E-state index contributed by atoms with van der Waals surface area (Å²) in [6, 6.07) is 4.70. The number of hydrogen-bond donors (Lipinski definition) is 1. The molecule has 1 aliphatic rings. The summed E-state index contributed by atoms with van der Waals surface area (Å²) in [6.07, 6.45) is 2.74. The largest absolute Gasteiger partial charge is 0.309 e. The lowest BCUT2D eigenvalue weighted by molar-refractivity contribution is 0.504. The molecular weight excluding hydrogens is 202 g/mol. The van der Waals surface area contributed by atoms with Crippen LogP contribution >= 0.6 is 22.9 Å². The lowest BCUT2D eigenvalue weighted by Gasteiger charge is -2.14. The SMILES string of the molecule is CCNC(c1ccc(Cl)s1)C1CC1. The maximum Gasteiger partial charge on any atom is 0.0931 e. The average molecular weight is 216 g/mol. The van der Waals surface area contributed by atoms with Gasteiger partial charge in [-0.15, -0.1) is 11.3 Å². The molecule has 1 fully saturated rings. The summed E-state index contributed by atoms with van der Waals surface area (Å²) < 4.78 is 0.901. The van der Waals surface area contributed by atoms with Crippen molar-refractivity contribution >= 4 is 22.9 Å². The first kappa shape index (κ1) is 9.50. The van der Waals surface area contributed by atoms with Crippen LogP contribution < -0.4 is 5.32 Å². The zero-order valence-corrected chi connectivity index (χ0v) is 9.29. The van der Waals surface area contributed by atoms with Crippen molar-refractivity contribution in [3.05, 3.63) is 21.3 Å². The van der Waals surface area contributed by atoms with E-state index < -0.39 is 0 Å². The molecule has 0 amide bonds. The summed E-state index contributed by atoms with van der Waals surface area (Å²) in [5.41, 5.74) is 0. The van der Waals surface area contributed by atoms with Gasteiger partial charge >= 0.3 is 0 Å². The van der Waals surface area contributed by atoms with E-state index in [-0.39, 0.29) is 0 Å². The Hall–Kier alpha value is -0.0500. The smallest absolute Gasteiger partial charge is 0.0931 e. The zero-order chi connectivity index (χ0) is 9.26. The van der Waals surface area contributed by atoms with E-state index in [0.29, 0.717) is 6.04 Å². The van der Waals surface area contributed by atoms with Crippen LogP contribution in [-0.2, 0) is 0 Å². The van der Waals surface area contributed by atoms with Crippen molar-refractivity contribution in [2.75, 3.05) is 6.54 Å². The number of nitrogens with one attached hydrogen (secondary N) is 1. The van der Waals surface area contributed by atoms with Gasteiger partial charge in [0.05, 0.1) is 4.34 Å². The maximum absolute atomic E-state index is 5.92. The molecule has 1 saturated carbocycles. The third kappa shape index (κ3) is 2.25. The Bertz CT molecular complexity index is 280. The van der Waals surface area contributed by atoms with Crippen molar-refractivity contribution < 1.29 is 0 Å². The Labute approximate surface area is 88.1 Å². The summed E-state index contributed by atoms with van der Waals surface area (Å²) in [5, 5.41) is 3.53. The summed E-state index contributed by atoms with van der Waals surface area (Å²) in [4.78, 5) is 1.40. The molecule has 1 atom stereocenters. The van der Waals surface area contributed by atoms with E-state index in [1.54, 1.807) is 11.3 Å². The standard InChI is InChI=1S/C10H14ClNS/c1-2-12-10(7-3-4-7)8-5-6-9(11)13-8/h5-7,10,12H,2-4H2,1H3. The number of thiophene rings is 1. The van der Waals surface area contributed by atoms with Gasteiger partial charge in [0.1, 0.15) is 0 Å². The fraction of sp³-hybridized carbons (Fsp3) is 0.600. The molecule has 1 aliphatic carbocycles. The predicted octanol–water partition coefficient (Wildman–Crippen LogP) is 3.46. The normalized spacial score (nSPS) is 18.9. The van der Waals surface area contributed by atoms with E-state index in [9.17, 15) is 0 Å². The molecule has 0 spiro atoms. The molecule has 1 unspecified atom stereocenters. The number of halogens is 1. The van der Waals surface area contributed by atoms with Gasteiger partial charge in [-0.25, -0.2) is 0 Å². The molecule has 0 radical (unpaired) electrons. The van der Waals surface area contributed by atoms with Crippen LogP contribution in [0.15, 0.2) is 12.1 Å². The highest BCUT2D eigenvalue weighted by molar-refractivity contribution is 7.16. The van der Waals surface area contributed by atoms with E-state index in [4.69, 9.17) is 11.6 Å². The summed E-state index contributed by atoms with van der Waals surface area (Å²) >= 11 is 7.63. The minimum atomic E-state index is 0.558. The second kappa shape index (κ2) is 3.99. The van der Waals surface area contributed by atoms with E-state index in [1.165, 1.54) is 17.7 Å². The summed E-state index contributed by atoms with van der Waals surface area (Å²) in [5.74, 6) is 0.856. The van der Waals surface area contributed by atoms with Gasteiger partial charge in [-0.3, -0.25) is 0 Å². The Balaban J connectivity index is 2.10. The first-order valence-electron chi connectivity index (χ1n) is 4.80. The number of hydrogen-bond acceptors (Lipinski definition) is 2. The molecule has 1 aromatic rings. The van der Waals surface area contributed by atoms with Crippen molar-refractivity contribution in [2.24, 2.45) is 5.92 Å². The topological polar surface area (TPSA) is 12.0 Å². The van der Waals surface area contributed by atoms with Crippen LogP contribution in [0.3, 0.4) is 0 Å². The quantitative estimate of drug-likeness (QED) is 0.811. The minimum absolute atomic E-state index is 0.558. The van der Waals surface area contributed by atoms with Crippen LogP contribution in [0, 0.1) is 5.92 Å². The maximum atomic E-state index is 5.92. The molecule has 3 heteroatoms. The molecule has 13 heavy (non-hydrogen) atoms. The second-order valence-corrected chi connectivity index (χ2v) is 5.26. The van der Waals surface area contributed by atoms with Gasteiger partial charge in [0.25, 0.3) is 0 Å². The lowest BCUT2D eigenvalue weighted by atomic mass is 10.1. The van der Waals surface area contributed by atoms with Crippen LogP contribution in [-0.4, -0.2) is 6.54 Å². The minimum Gasteiger partial charge on any atom is -0.309 e. The molecule has 0 aliphatic heterocycles. The van der Waals surface area contributed by atoms with Crippen LogP contribution in [0.1, 0.15) is 30.7 Å².